The molecule has 1 atom stereocenters. The second-order valence-corrected chi connectivity index (χ2v) is 5.95. The summed E-state index contributed by atoms with van der Waals surface area (Å²) in [4.78, 5) is 23.8. The summed E-state index contributed by atoms with van der Waals surface area (Å²) in [6, 6.07) is 10.4. The highest BCUT2D eigenvalue weighted by Gasteiger charge is 2.35. The number of hydrogen-bond donors (Lipinski definition) is 1. The Bertz CT molecular complexity index is 709. The van der Waals surface area contributed by atoms with E-state index >= 15 is 0 Å². The van der Waals surface area contributed by atoms with Crippen LogP contribution in [-0.4, -0.2) is 30.1 Å². The normalized spacial score (nSPS) is 16.1. The molecule has 1 aliphatic rings. The summed E-state index contributed by atoms with van der Waals surface area (Å²) < 4.78 is 10.4. The Morgan fingerprint density at radius 2 is 1.88 bits per heavy atom. The summed E-state index contributed by atoms with van der Waals surface area (Å²) in [5.74, 6) is -0.762. The van der Waals surface area contributed by atoms with Crippen LogP contribution in [0.4, 0.5) is 0 Å². The van der Waals surface area contributed by atoms with Crippen molar-refractivity contribution in [2.45, 2.75) is 44.2 Å². The van der Waals surface area contributed by atoms with Crippen molar-refractivity contribution in [1.82, 2.24) is 5.32 Å². The largest absolute Gasteiger partial charge is 0.479 e. The highest BCUT2D eigenvalue weighted by Crippen LogP contribution is 2.28. The number of rotatable bonds is 6. The Morgan fingerprint density at radius 1 is 1.24 bits per heavy atom. The van der Waals surface area contributed by atoms with Gasteiger partial charge in [0.05, 0.1) is 17.7 Å². The first-order valence-electron chi connectivity index (χ1n) is 8.04. The lowest BCUT2D eigenvalue weighted by Gasteiger charge is -2.22. The molecule has 130 valence electrons. The number of benzene rings is 1. The molecule has 0 bridgehead atoms. The van der Waals surface area contributed by atoms with E-state index in [-0.39, 0.29) is 0 Å². The van der Waals surface area contributed by atoms with E-state index in [0.717, 1.165) is 12.8 Å². The number of nitrogens with one attached hydrogen (secondary N) is 1. The van der Waals surface area contributed by atoms with Crippen LogP contribution in [0.1, 0.15) is 38.2 Å². The van der Waals surface area contributed by atoms with Crippen molar-refractivity contribution in [1.29, 1.82) is 10.5 Å². The number of carbonyl (C=O) groups is 2. The molecule has 0 radical (unpaired) electrons. The van der Waals surface area contributed by atoms with Crippen LogP contribution < -0.4 is 10.1 Å². The number of esters is 1. The third-order valence-corrected chi connectivity index (χ3v) is 4.02. The van der Waals surface area contributed by atoms with E-state index in [1.807, 2.05) is 6.07 Å². The smallest absolute Gasteiger partial charge is 0.347 e. The number of nitrogens with zero attached hydrogens (tertiary/aromatic N) is 2. The van der Waals surface area contributed by atoms with Crippen LogP contribution in [0.15, 0.2) is 24.3 Å². The first kappa shape index (κ1) is 18.3. The molecule has 0 heterocycles. The lowest BCUT2D eigenvalue weighted by Crippen LogP contribution is -2.47. The molecule has 0 aromatic heterocycles. The molecule has 1 saturated carbocycles. The summed E-state index contributed by atoms with van der Waals surface area (Å²) in [5.41, 5.74) is -0.355. The minimum atomic E-state index is -0.905. The zero-order valence-corrected chi connectivity index (χ0v) is 13.9. The molecule has 1 aromatic carbocycles. The van der Waals surface area contributed by atoms with Crippen LogP contribution in [0.2, 0.25) is 0 Å². The van der Waals surface area contributed by atoms with Gasteiger partial charge < -0.3 is 14.8 Å². The second kappa shape index (κ2) is 8.16. The zero-order chi connectivity index (χ0) is 18.3. The summed E-state index contributed by atoms with van der Waals surface area (Å²) >= 11 is 0. The molecule has 1 fully saturated rings. The first-order chi connectivity index (χ1) is 12.0. The molecule has 1 amide bonds. The summed E-state index contributed by atoms with van der Waals surface area (Å²) in [7, 11) is 0. The van der Waals surface area contributed by atoms with Gasteiger partial charge in [0.1, 0.15) is 11.3 Å². The molecule has 0 spiro atoms. The fourth-order valence-electron chi connectivity index (χ4n) is 2.66. The molecule has 7 heteroatoms. The number of hydrogen-bond acceptors (Lipinski definition) is 6. The average Bonchev–Trinajstić information content (AvgIpc) is 3.09. The van der Waals surface area contributed by atoms with Crippen LogP contribution in [0.25, 0.3) is 0 Å². The molecule has 1 aromatic rings. The van der Waals surface area contributed by atoms with E-state index in [0.29, 0.717) is 24.2 Å². The first-order valence-corrected chi connectivity index (χ1v) is 8.04. The maximum Gasteiger partial charge on any atom is 0.347 e. The van der Waals surface area contributed by atoms with Crippen molar-refractivity contribution in [3.05, 3.63) is 29.8 Å². The Kier molecular flexibility index (Phi) is 5.97. The molecule has 0 saturated heterocycles. The van der Waals surface area contributed by atoms with Crippen LogP contribution in [-0.2, 0) is 14.3 Å². The third kappa shape index (κ3) is 4.95. The molecule has 7 nitrogen and oxygen atoms in total. The van der Waals surface area contributed by atoms with E-state index in [2.05, 4.69) is 11.4 Å². The number of ether oxygens (including phenoxy) is 2. The molecule has 2 rings (SSSR count). The second-order valence-electron chi connectivity index (χ2n) is 5.95. The van der Waals surface area contributed by atoms with Gasteiger partial charge in [0.2, 0.25) is 0 Å². The molecule has 1 aliphatic carbocycles. The molecular weight excluding hydrogens is 322 g/mol. The van der Waals surface area contributed by atoms with E-state index < -0.39 is 30.1 Å². The van der Waals surface area contributed by atoms with Crippen molar-refractivity contribution in [3.8, 4) is 17.9 Å². The predicted octanol–water partition coefficient (Wildman–Crippen LogP) is 1.82. The Morgan fingerprint density at radius 3 is 2.44 bits per heavy atom. The van der Waals surface area contributed by atoms with E-state index in [1.54, 1.807) is 24.3 Å². The molecule has 1 N–H and O–H groups in total. The number of carbonyl (C=O) groups excluding carboxylic acids is 2. The van der Waals surface area contributed by atoms with Crippen molar-refractivity contribution in [2.75, 3.05) is 6.61 Å². The van der Waals surface area contributed by atoms with Crippen molar-refractivity contribution in [3.63, 3.8) is 0 Å². The van der Waals surface area contributed by atoms with Crippen molar-refractivity contribution >= 4 is 11.9 Å². The third-order valence-electron chi connectivity index (χ3n) is 4.02. The number of amides is 1. The van der Waals surface area contributed by atoms with Gasteiger partial charge in [-0.1, -0.05) is 0 Å². The van der Waals surface area contributed by atoms with Crippen LogP contribution >= 0.6 is 0 Å². The van der Waals surface area contributed by atoms with Gasteiger partial charge >= 0.3 is 5.97 Å². The summed E-state index contributed by atoms with van der Waals surface area (Å²) in [6.07, 6.45) is 2.10. The predicted molar refractivity (Wildman–Crippen MR) is 87.2 cm³/mol. The van der Waals surface area contributed by atoms with Gasteiger partial charge in [-0.05, 0) is 56.9 Å². The maximum absolute atomic E-state index is 11.9. The van der Waals surface area contributed by atoms with E-state index in [4.69, 9.17) is 14.7 Å². The average molecular weight is 341 g/mol. The van der Waals surface area contributed by atoms with Gasteiger partial charge in [-0.15, -0.1) is 0 Å². The van der Waals surface area contributed by atoms with Gasteiger partial charge in [-0.25, -0.2) is 4.79 Å². The monoisotopic (exact) mass is 341 g/mol. The van der Waals surface area contributed by atoms with Crippen molar-refractivity contribution in [2.24, 2.45) is 0 Å². The maximum atomic E-state index is 11.9. The molecule has 0 unspecified atom stereocenters. The topological polar surface area (TPSA) is 112 Å². The fraction of sp³-hybridized carbons (Fsp3) is 0.444. The minimum absolute atomic E-state index is 0.419. The highest BCUT2D eigenvalue weighted by molar-refractivity contribution is 5.82. The van der Waals surface area contributed by atoms with Crippen LogP contribution in [0.5, 0.6) is 5.75 Å². The highest BCUT2D eigenvalue weighted by atomic mass is 16.6. The van der Waals surface area contributed by atoms with Gasteiger partial charge in [0.15, 0.2) is 12.7 Å². The standard InChI is InChI=1S/C18H19N3O4/c1-13(25-15-6-4-14(10-19)5-7-15)17(23)24-11-16(22)21-18(12-20)8-2-3-9-18/h4-7,13H,2-3,8-9,11H2,1H3,(H,21,22)/t13-/m1/s1. The molecule has 25 heavy (non-hydrogen) atoms. The van der Waals surface area contributed by atoms with Gasteiger partial charge in [0.25, 0.3) is 5.91 Å². The fourth-order valence-corrected chi connectivity index (χ4v) is 2.66. The Hall–Kier alpha value is -3.06. The van der Waals surface area contributed by atoms with Crippen molar-refractivity contribution < 1.29 is 19.1 Å². The Labute approximate surface area is 146 Å². The van der Waals surface area contributed by atoms with E-state index in [9.17, 15) is 14.9 Å². The van der Waals surface area contributed by atoms with Gasteiger partial charge in [-0.2, -0.15) is 10.5 Å². The van der Waals surface area contributed by atoms with Gasteiger partial charge in [0, 0.05) is 0 Å². The van der Waals surface area contributed by atoms with Gasteiger partial charge in [-0.3, -0.25) is 4.79 Å². The van der Waals surface area contributed by atoms with Crippen LogP contribution in [0, 0.1) is 22.7 Å². The summed E-state index contributed by atoms with van der Waals surface area (Å²) in [6.45, 7) is 1.05. The summed E-state index contributed by atoms with van der Waals surface area (Å²) in [5, 5.41) is 20.6. The molecule has 0 aliphatic heterocycles. The minimum Gasteiger partial charge on any atom is -0.479 e. The van der Waals surface area contributed by atoms with Crippen LogP contribution in [0.3, 0.4) is 0 Å². The van der Waals surface area contributed by atoms with E-state index in [1.165, 1.54) is 6.92 Å². The molecular formula is C18H19N3O4. The number of nitriles is 2. The SMILES string of the molecule is C[C@@H](Oc1ccc(C#N)cc1)C(=O)OCC(=O)NC1(C#N)CCCC1. The lowest BCUT2D eigenvalue weighted by molar-refractivity contribution is -0.155. The zero-order valence-electron chi connectivity index (χ0n) is 13.9. The Balaban J connectivity index is 1.79. The lowest BCUT2D eigenvalue weighted by atomic mass is 10.00. The quantitative estimate of drug-likeness (QED) is 0.790.